The number of methoxy groups -OCH3 is 1. The van der Waals surface area contributed by atoms with Crippen molar-refractivity contribution in [3.63, 3.8) is 0 Å². The molecule has 1 heterocycles. The number of amides is 1. The molecular weight excluding hydrogens is 312 g/mol. The molecule has 0 bridgehead atoms. The van der Waals surface area contributed by atoms with Crippen molar-refractivity contribution in [2.24, 2.45) is 0 Å². The second-order valence-corrected chi connectivity index (χ2v) is 7.75. The van der Waals surface area contributed by atoms with Gasteiger partial charge in [-0.1, -0.05) is 38.3 Å². The highest BCUT2D eigenvalue weighted by Gasteiger charge is 2.48. The van der Waals surface area contributed by atoms with E-state index >= 15 is 0 Å². The van der Waals surface area contributed by atoms with Crippen LogP contribution in [0, 0.1) is 0 Å². The van der Waals surface area contributed by atoms with E-state index < -0.39 is 0 Å². The van der Waals surface area contributed by atoms with E-state index in [0.717, 1.165) is 30.8 Å². The van der Waals surface area contributed by atoms with Crippen LogP contribution in [0.4, 0.5) is 0 Å². The third-order valence-electron chi connectivity index (χ3n) is 6.30. The van der Waals surface area contributed by atoms with Gasteiger partial charge in [0.15, 0.2) is 0 Å². The van der Waals surface area contributed by atoms with Gasteiger partial charge in [0, 0.05) is 18.1 Å². The lowest BCUT2D eigenvalue weighted by Crippen LogP contribution is -2.49. The maximum atomic E-state index is 13.2. The van der Waals surface area contributed by atoms with Crippen molar-refractivity contribution < 1.29 is 9.53 Å². The summed E-state index contributed by atoms with van der Waals surface area (Å²) in [5, 5.41) is 0. The maximum absolute atomic E-state index is 13.2. The van der Waals surface area contributed by atoms with E-state index in [2.05, 4.69) is 23.8 Å². The number of ether oxygens (including phenoxy) is 1. The number of likely N-dealkylation sites (tertiary alicyclic amines) is 1. The van der Waals surface area contributed by atoms with Crippen LogP contribution in [0.3, 0.4) is 0 Å². The summed E-state index contributed by atoms with van der Waals surface area (Å²) in [6.07, 6.45) is 7.82. The zero-order valence-corrected chi connectivity index (χ0v) is 16.0. The smallest absolute Gasteiger partial charge is 0.227 e. The van der Waals surface area contributed by atoms with Crippen LogP contribution in [-0.2, 0) is 11.2 Å². The Bertz CT molecular complexity index is 578. The number of nitrogens with zero attached hydrogens (tertiary/aromatic N) is 2. The molecule has 1 aromatic carbocycles. The zero-order chi connectivity index (χ0) is 17.9. The van der Waals surface area contributed by atoms with Gasteiger partial charge in [-0.05, 0) is 50.6 Å². The van der Waals surface area contributed by atoms with E-state index in [1.807, 2.05) is 24.3 Å². The molecule has 0 aromatic heterocycles. The van der Waals surface area contributed by atoms with E-state index in [1.54, 1.807) is 7.11 Å². The second kappa shape index (κ2) is 7.77. The highest BCUT2D eigenvalue weighted by atomic mass is 16.5. The first kappa shape index (κ1) is 18.2. The van der Waals surface area contributed by atoms with Crippen molar-refractivity contribution in [1.82, 2.24) is 9.80 Å². The van der Waals surface area contributed by atoms with Crippen molar-refractivity contribution in [1.29, 1.82) is 0 Å². The molecule has 0 unspecified atom stereocenters. The first-order chi connectivity index (χ1) is 12.1. The van der Waals surface area contributed by atoms with E-state index in [-0.39, 0.29) is 5.54 Å². The van der Waals surface area contributed by atoms with Crippen molar-refractivity contribution in [2.75, 3.05) is 27.2 Å². The monoisotopic (exact) mass is 344 g/mol. The summed E-state index contributed by atoms with van der Waals surface area (Å²) in [5.74, 6) is 1.13. The van der Waals surface area contributed by atoms with Crippen molar-refractivity contribution >= 4 is 5.91 Å². The zero-order valence-electron chi connectivity index (χ0n) is 16.0. The van der Waals surface area contributed by atoms with Gasteiger partial charge in [-0.2, -0.15) is 0 Å². The molecule has 1 aromatic rings. The van der Waals surface area contributed by atoms with Crippen LogP contribution in [-0.4, -0.2) is 54.5 Å². The van der Waals surface area contributed by atoms with Gasteiger partial charge in [0.05, 0.1) is 13.5 Å². The Kier molecular flexibility index (Phi) is 5.67. The maximum Gasteiger partial charge on any atom is 0.227 e. The summed E-state index contributed by atoms with van der Waals surface area (Å²) in [6, 6.07) is 8.40. The van der Waals surface area contributed by atoms with E-state index in [4.69, 9.17) is 4.74 Å². The Morgan fingerprint density at radius 1 is 1.24 bits per heavy atom. The summed E-state index contributed by atoms with van der Waals surface area (Å²) in [4.78, 5) is 17.8. The number of carbonyl (C=O) groups is 1. The largest absolute Gasteiger partial charge is 0.497 e. The minimum Gasteiger partial charge on any atom is -0.497 e. The fourth-order valence-electron chi connectivity index (χ4n) is 4.63. The van der Waals surface area contributed by atoms with Gasteiger partial charge in [0.2, 0.25) is 5.91 Å². The van der Waals surface area contributed by atoms with Crippen LogP contribution >= 0.6 is 0 Å². The molecular formula is C21H32N2O2. The average Bonchev–Trinajstić information content (AvgIpc) is 3.01. The predicted octanol–water partition coefficient (Wildman–Crippen LogP) is 3.49. The molecule has 1 aliphatic heterocycles. The van der Waals surface area contributed by atoms with E-state index in [1.165, 1.54) is 32.1 Å². The Balaban J connectivity index is 1.75. The highest BCUT2D eigenvalue weighted by molar-refractivity contribution is 5.80. The minimum atomic E-state index is 0.107. The lowest BCUT2D eigenvalue weighted by molar-refractivity contribution is -0.135. The Labute approximate surface area is 152 Å². The molecule has 0 radical (unpaired) electrons. The lowest BCUT2D eigenvalue weighted by atomic mass is 9.79. The molecule has 1 atom stereocenters. The predicted molar refractivity (Wildman–Crippen MR) is 101 cm³/mol. The normalized spacial score (nSPS) is 22.6. The van der Waals surface area contributed by atoms with Crippen molar-refractivity contribution in [3.05, 3.63) is 29.8 Å². The van der Waals surface area contributed by atoms with Gasteiger partial charge in [0.1, 0.15) is 5.75 Å². The second-order valence-electron chi connectivity index (χ2n) is 7.75. The Hall–Kier alpha value is -1.55. The van der Waals surface area contributed by atoms with Gasteiger partial charge in [-0.3, -0.25) is 4.79 Å². The number of hydrogen-bond donors (Lipinski definition) is 0. The fraction of sp³-hybridized carbons (Fsp3) is 0.667. The molecule has 1 spiro atoms. The third-order valence-corrected chi connectivity index (χ3v) is 6.30. The molecule has 1 saturated carbocycles. The molecule has 25 heavy (non-hydrogen) atoms. The quantitative estimate of drug-likeness (QED) is 0.820. The number of benzene rings is 1. The van der Waals surface area contributed by atoms with Crippen LogP contribution in [0.5, 0.6) is 5.75 Å². The molecule has 2 aliphatic rings. The van der Waals surface area contributed by atoms with Gasteiger partial charge in [-0.25, -0.2) is 0 Å². The van der Waals surface area contributed by atoms with Gasteiger partial charge in [0.25, 0.3) is 0 Å². The molecule has 1 amide bonds. The molecule has 1 saturated heterocycles. The summed E-state index contributed by atoms with van der Waals surface area (Å²) in [6.45, 7) is 4.13. The molecule has 1 aliphatic carbocycles. The van der Waals surface area contributed by atoms with E-state index in [0.29, 0.717) is 18.4 Å². The molecule has 4 heteroatoms. The average molecular weight is 344 g/mol. The van der Waals surface area contributed by atoms with Crippen molar-refractivity contribution in [2.45, 2.75) is 63.5 Å². The topological polar surface area (TPSA) is 32.8 Å². The summed E-state index contributed by atoms with van der Waals surface area (Å²) in [7, 11) is 3.86. The van der Waals surface area contributed by atoms with Crippen LogP contribution in [0.2, 0.25) is 0 Å². The lowest BCUT2D eigenvalue weighted by Gasteiger charge is -2.41. The molecule has 2 fully saturated rings. The SMILES string of the molecule is CCN(C)[C@H]1CN(C(=O)Cc2ccc(OC)cc2)C2(CCCCC2)C1. The Morgan fingerprint density at radius 3 is 2.52 bits per heavy atom. The van der Waals surface area contributed by atoms with Crippen molar-refractivity contribution in [3.8, 4) is 5.75 Å². The molecule has 138 valence electrons. The number of likely N-dealkylation sites (N-methyl/N-ethyl adjacent to an activating group) is 1. The van der Waals surface area contributed by atoms with Gasteiger partial charge >= 0.3 is 0 Å². The summed E-state index contributed by atoms with van der Waals surface area (Å²) in [5.41, 5.74) is 1.18. The summed E-state index contributed by atoms with van der Waals surface area (Å²) >= 11 is 0. The standard InChI is InChI=1S/C21H32N2O2/c1-4-22(2)18-15-21(12-6-5-7-13-21)23(16-18)20(24)14-17-8-10-19(25-3)11-9-17/h8-11,18H,4-7,12-16H2,1-3H3/t18-/m1/s1. The van der Waals surface area contributed by atoms with Crippen LogP contribution < -0.4 is 4.74 Å². The number of rotatable bonds is 5. The molecule has 0 N–H and O–H groups in total. The summed E-state index contributed by atoms with van der Waals surface area (Å²) < 4.78 is 5.22. The van der Waals surface area contributed by atoms with Gasteiger partial charge in [-0.15, -0.1) is 0 Å². The first-order valence-corrected chi connectivity index (χ1v) is 9.71. The molecule has 3 rings (SSSR count). The number of hydrogen-bond acceptors (Lipinski definition) is 3. The molecule has 4 nitrogen and oxygen atoms in total. The first-order valence-electron chi connectivity index (χ1n) is 9.71. The Morgan fingerprint density at radius 2 is 1.92 bits per heavy atom. The highest BCUT2D eigenvalue weighted by Crippen LogP contribution is 2.43. The minimum absolute atomic E-state index is 0.107. The third kappa shape index (κ3) is 3.84. The van der Waals surface area contributed by atoms with Crippen LogP contribution in [0.15, 0.2) is 24.3 Å². The van der Waals surface area contributed by atoms with E-state index in [9.17, 15) is 4.79 Å². The van der Waals surface area contributed by atoms with Gasteiger partial charge < -0.3 is 14.5 Å². The number of carbonyl (C=O) groups excluding carboxylic acids is 1. The van der Waals surface area contributed by atoms with Crippen LogP contribution in [0.25, 0.3) is 0 Å². The van der Waals surface area contributed by atoms with Crippen LogP contribution in [0.1, 0.15) is 51.0 Å². The fourth-order valence-corrected chi connectivity index (χ4v) is 4.63.